The minimum atomic E-state index is -4.40. The molecule has 0 unspecified atom stereocenters. The van der Waals surface area contributed by atoms with E-state index in [0.29, 0.717) is 29.2 Å². The number of imidazole rings is 1. The number of alkyl halides is 3. The van der Waals surface area contributed by atoms with Gasteiger partial charge in [0.05, 0.1) is 5.56 Å². The van der Waals surface area contributed by atoms with Crippen LogP contribution in [0.15, 0.2) is 85.5 Å². The number of rotatable bonds is 6. The largest absolute Gasteiger partial charge is 0.416 e. The Kier molecular flexibility index (Phi) is 5.54. The molecule has 10 heteroatoms. The van der Waals surface area contributed by atoms with Crippen molar-refractivity contribution in [1.29, 1.82) is 0 Å². The van der Waals surface area contributed by atoms with Crippen molar-refractivity contribution in [3.05, 3.63) is 96.6 Å². The monoisotopic (exact) mass is 461 g/mol. The van der Waals surface area contributed by atoms with Gasteiger partial charge in [-0.2, -0.15) is 23.1 Å². The van der Waals surface area contributed by atoms with Gasteiger partial charge in [-0.1, -0.05) is 24.3 Å². The van der Waals surface area contributed by atoms with Crippen LogP contribution in [0.1, 0.15) is 11.1 Å². The van der Waals surface area contributed by atoms with Crippen LogP contribution in [-0.2, 0) is 12.7 Å². The van der Waals surface area contributed by atoms with Crippen LogP contribution in [0, 0.1) is 0 Å². The molecule has 5 rings (SSSR count). The molecule has 0 saturated carbocycles. The summed E-state index contributed by atoms with van der Waals surface area (Å²) in [6.07, 6.45) is 0.695. The molecule has 3 aromatic heterocycles. The highest BCUT2D eigenvalue weighted by molar-refractivity contribution is 5.86. The topological polar surface area (TPSA) is 80.5 Å². The second kappa shape index (κ2) is 8.81. The van der Waals surface area contributed by atoms with Gasteiger partial charge >= 0.3 is 6.18 Å². The van der Waals surface area contributed by atoms with Gasteiger partial charge in [0, 0.05) is 30.3 Å². The molecule has 0 aliphatic rings. The quantitative estimate of drug-likeness (QED) is 0.343. The standard InChI is InChI=1S/C24H18F3N7/c25-24(26,27)17-8-10-18(11-9-17)31-23-32-21(29-14-16-5-4-12-28-13-16)20-22(33-23)34(15-30-20)19-6-2-1-3-7-19/h1-13,15H,14H2,(H2,29,31,32,33). The number of aromatic nitrogens is 5. The third-order valence-electron chi connectivity index (χ3n) is 5.08. The van der Waals surface area contributed by atoms with Crippen LogP contribution in [0.3, 0.4) is 0 Å². The van der Waals surface area contributed by atoms with Gasteiger partial charge < -0.3 is 10.6 Å². The second-order valence-corrected chi connectivity index (χ2v) is 7.43. The van der Waals surface area contributed by atoms with Crippen LogP contribution in [0.2, 0.25) is 0 Å². The minimum Gasteiger partial charge on any atom is -0.364 e. The van der Waals surface area contributed by atoms with Gasteiger partial charge in [-0.25, -0.2) is 4.98 Å². The number of hydrogen-bond acceptors (Lipinski definition) is 6. The summed E-state index contributed by atoms with van der Waals surface area (Å²) in [6.45, 7) is 0.456. The molecule has 170 valence electrons. The lowest BCUT2D eigenvalue weighted by atomic mass is 10.2. The predicted molar refractivity (Wildman–Crippen MR) is 123 cm³/mol. The van der Waals surface area contributed by atoms with Crippen molar-refractivity contribution in [3.63, 3.8) is 0 Å². The van der Waals surface area contributed by atoms with Gasteiger partial charge in [-0.05, 0) is 48.0 Å². The lowest BCUT2D eigenvalue weighted by molar-refractivity contribution is -0.137. The summed E-state index contributed by atoms with van der Waals surface area (Å²) in [6, 6.07) is 18.1. The minimum absolute atomic E-state index is 0.221. The maximum absolute atomic E-state index is 12.9. The zero-order valence-electron chi connectivity index (χ0n) is 17.7. The van der Waals surface area contributed by atoms with Gasteiger partial charge in [0.2, 0.25) is 5.95 Å². The van der Waals surface area contributed by atoms with E-state index in [1.807, 2.05) is 47.0 Å². The van der Waals surface area contributed by atoms with E-state index in [1.54, 1.807) is 18.7 Å². The average Bonchev–Trinajstić information content (AvgIpc) is 3.28. The Morgan fingerprint density at radius 2 is 1.68 bits per heavy atom. The third kappa shape index (κ3) is 4.51. The molecule has 0 saturated heterocycles. The van der Waals surface area contributed by atoms with Crippen molar-refractivity contribution in [1.82, 2.24) is 24.5 Å². The first-order valence-electron chi connectivity index (χ1n) is 10.3. The maximum Gasteiger partial charge on any atom is 0.416 e. The average molecular weight is 461 g/mol. The van der Waals surface area contributed by atoms with E-state index in [-0.39, 0.29) is 5.95 Å². The van der Waals surface area contributed by atoms with Crippen molar-refractivity contribution >= 4 is 28.6 Å². The summed E-state index contributed by atoms with van der Waals surface area (Å²) < 4.78 is 40.5. The number of pyridine rings is 1. The van der Waals surface area contributed by atoms with Crippen molar-refractivity contribution in [2.75, 3.05) is 10.6 Å². The van der Waals surface area contributed by atoms with E-state index in [0.717, 1.165) is 23.4 Å². The maximum atomic E-state index is 12.9. The highest BCUT2D eigenvalue weighted by Crippen LogP contribution is 2.31. The van der Waals surface area contributed by atoms with Gasteiger partial charge in [-0.3, -0.25) is 9.55 Å². The van der Waals surface area contributed by atoms with Gasteiger partial charge in [0.25, 0.3) is 0 Å². The summed E-state index contributed by atoms with van der Waals surface area (Å²) in [7, 11) is 0. The van der Waals surface area contributed by atoms with Crippen LogP contribution in [0.25, 0.3) is 16.9 Å². The molecule has 7 nitrogen and oxygen atoms in total. The second-order valence-electron chi connectivity index (χ2n) is 7.43. The molecule has 0 aliphatic carbocycles. The molecule has 0 atom stereocenters. The Labute approximate surface area is 192 Å². The number of fused-ring (bicyclic) bond motifs is 1. The van der Waals surface area contributed by atoms with Crippen molar-refractivity contribution in [2.45, 2.75) is 12.7 Å². The van der Waals surface area contributed by atoms with Gasteiger partial charge in [0.15, 0.2) is 17.0 Å². The Balaban J connectivity index is 1.52. The van der Waals surface area contributed by atoms with E-state index >= 15 is 0 Å². The molecule has 0 amide bonds. The molecule has 0 aliphatic heterocycles. The van der Waals surface area contributed by atoms with E-state index in [4.69, 9.17) is 0 Å². The summed E-state index contributed by atoms with van der Waals surface area (Å²) in [5.41, 5.74) is 2.62. The Morgan fingerprint density at radius 1 is 0.882 bits per heavy atom. The van der Waals surface area contributed by atoms with Crippen LogP contribution in [0.4, 0.5) is 30.6 Å². The first-order valence-corrected chi connectivity index (χ1v) is 10.3. The van der Waals surface area contributed by atoms with Crippen LogP contribution >= 0.6 is 0 Å². The lowest BCUT2D eigenvalue weighted by Crippen LogP contribution is -2.07. The number of benzene rings is 2. The molecule has 0 radical (unpaired) electrons. The number of anilines is 3. The fourth-order valence-corrected chi connectivity index (χ4v) is 3.42. The molecule has 5 aromatic rings. The summed E-state index contributed by atoms with van der Waals surface area (Å²) in [5, 5.41) is 6.27. The fourth-order valence-electron chi connectivity index (χ4n) is 3.42. The van der Waals surface area contributed by atoms with Crippen molar-refractivity contribution < 1.29 is 13.2 Å². The molecular weight excluding hydrogens is 443 g/mol. The van der Waals surface area contributed by atoms with Gasteiger partial charge in [0.1, 0.15) is 6.33 Å². The van der Waals surface area contributed by atoms with Crippen molar-refractivity contribution in [3.8, 4) is 5.69 Å². The molecule has 3 heterocycles. The number of hydrogen-bond donors (Lipinski definition) is 2. The van der Waals surface area contributed by atoms with E-state index < -0.39 is 11.7 Å². The van der Waals surface area contributed by atoms with E-state index in [9.17, 15) is 13.2 Å². The SMILES string of the molecule is FC(F)(F)c1ccc(Nc2nc(NCc3cccnc3)c3ncn(-c4ccccc4)c3n2)cc1. The lowest BCUT2D eigenvalue weighted by Gasteiger charge is -2.12. The zero-order chi connectivity index (χ0) is 23.5. The highest BCUT2D eigenvalue weighted by Gasteiger charge is 2.30. The molecule has 2 N–H and O–H groups in total. The zero-order valence-corrected chi connectivity index (χ0v) is 17.7. The van der Waals surface area contributed by atoms with E-state index in [1.165, 1.54) is 12.1 Å². The van der Waals surface area contributed by atoms with Gasteiger partial charge in [-0.15, -0.1) is 0 Å². The number of nitrogens with one attached hydrogen (secondary N) is 2. The molecule has 0 fully saturated rings. The smallest absolute Gasteiger partial charge is 0.364 e. The first-order chi connectivity index (χ1) is 16.5. The Morgan fingerprint density at radius 3 is 2.38 bits per heavy atom. The molecule has 34 heavy (non-hydrogen) atoms. The number of halogens is 3. The van der Waals surface area contributed by atoms with Crippen molar-refractivity contribution in [2.24, 2.45) is 0 Å². The van der Waals surface area contributed by atoms with E-state index in [2.05, 4.69) is 30.6 Å². The first kappa shape index (κ1) is 21.4. The molecular formula is C24H18F3N7. The Hall–Kier alpha value is -4.47. The molecule has 0 spiro atoms. The number of para-hydroxylation sites is 1. The Bertz CT molecular complexity index is 1400. The summed E-state index contributed by atoms with van der Waals surface area (Å²) in [5.74, 6) is 0.705. The molecule has 0 bridgehead atoms. The highest BCUT2D eigenvalue weighted by atomic mass is 19.4. The summed E-state index contributed by atoms with van der Waals surface area (Å²) in [4.78, 5) is 17.8. The van der Waals surface area contributed by atoms with Crippen LogP contribution in [-0.4, -0.2) is 24.5 Å². The normalized spacial score (nSPS) is 11.5. The van der Waals surface area contributed by atoms with Crippen LogP contribution < -0.4 is 10.6 Å². The third-order valence-corrected chi connectivity index (χ3v) is 5.08. The summed E-state index contributed by atoms with van der Waals surface area (Å²) >= 11 is 0. The molecule has 2 aromatic carbocycles. The fraction of sp³-hybridized carbons (Fsp3) is 0.0833. The van der Waals surface area contributed by atoms with Crippen LogP contribution in [0.5, 0.6) is 0 Å². The predicted octanol–water partition coefficient (Wildman–Crippen LogP) is 5.59. The number of nitrogens with zero attached hydrogens (tertiary/aromatic N) is 5.